The van der Waals surface area contributed by atoms with Crippen LogP contribution < -0.4 is 15.0 Å². The summed E-state index contributed by atoms with van der Waals surface area (Å²) in [6.07, 6.45) is 3.01. The van der Waals surface area contributed by atoms with E-state index in [1.807, 2.05) is 18.2 Å². The van der Waals surface area contributed by atoms with Gasteiger partial charge in [-0.2, -0.15) is 0 Å². The molecule has 0 aliphatic carbocycles. The molecule has 2 amide bonds. The van der Waals surface area contributed by atoms with E-state index in [1.54, 1.807) is 29.2 Å². The highest BCUT2D eigenvalue weighted by molar-refractivity contribution is 6.02. The van der Waals surface area contributed by atoms with E-state index >= 15 is 0 Å². The van der Waals surface area contributed by atoms with Crippen molar-refractivity contribution in [3.8, 4) is 5.75 Å². The van der Waals surface area contributed by atoms with Gasteiger partial charge in [0.2, 0.25) is 0 Å². The molecule has 1 aliphatic heterocycles. The van der Waals surface area contributed by atoms with E-state index in [-0.39, 0.29) is 6.03 Å². The highest BCUT2D eigenvalue weighted by atomic mass is 16.5. The molecule has 0 aromatic heterocycles. The Hall–Kier alpha value is -3.02. The molecule has 1 aliphatic rings. The summed E-state index contributed by atoms with van der Waals surface area (Å²) in [7, 11) is 0. The lowest BCUT2D eigenvalue weighted by molar-refractivity contribution is -0.139. The van der Waals surface area contributed by atoms with Gasteiger partial charge in [0.25, 0.3) is 0 Å². The third-order valence-electron chi connectivity index (χ3n) is 4.07. The number of nitrogens with zero attached hydrogens (tertiary/aromatic N) is 1. The van der Waals surface area contributed by atoms with Crippen LogP contribution in [0.1, 0.15) is 18.4 Å². The Bertz CT molecular complexity index is 758. The van der Waals surface area contributed by atoms with Gasteiger partial charge in [-0.1, -0.05) is 18.2 Å². The fourth-order valence-corrected chi connectivity index (χ4v) is 2.87. The molecule has 0 spiro atoms. The van der Waals surface area contributed by atoms with Crippen molar-refractivity contribution in [3.63, 3.8) is 0 Å². The molecule has 130 valence electrons. The number of rotatable bonds is 4. The van der Waals surface area contributed by atoms with Crippen molar-refractivity contribution < 1.29 is 19.4 Å². The van der Waals surface area contributed by atoms with Gasteiger partial charge in [0.05, 0.1) is 0 Å². The smallest absolute Gasteiger partial charge is 0.341 e. The number of carbonyl (C=O) groups is 2. The van der Waals surface area contributed by atoms with Crippen LogP contribution in [0.3, 0.4) is 0 Å². The number of para-hydroxylation sites is 1. The third-order valence-corrected chi connectivity index (χ3v) is 4.07. The predicted octanol–water partition coefficient (Wildman–Crippen LogP) is 3.52. The molecule has 2 N–H and O–H groups in total. The number of urea groups is 1. The number of carbonyl (C=O) groups excluding carboxylic acids is 1. The minimum absolute atomic E-state index is 0.173. The second-order valence-electron chi connectivity index (χ2n) is 5.87. The number of carboxylic acids is 1. The van der Waals surface area contributed by atoms with Crippen LogP contribution >= 0.6 is 0 Å². The van der Waals surface area contributed by atoms with E-state index < -0.39 is 12.6 Å². The van der Waals surface area contributed by atoms with Crippen molar-refractivity contribution >= 4 is 23.4 Å². The van der Waals surface area contributed by atoms with Crippen molar-refractivity contribution in [1.82, 2.24) is 0 Å². The Kier molecular flexibility index (Phi) is 5.18. The monoisotopic (exact) mass is 340 g/mol. The second-order valence-corrected chi connectivity index (χ2v) is 5.87. The summed E-state index contributed by atoms with van der Waals surface area (Å²) < 4.78 is 5.08. The normalized spacial score (nSPS) is 13.5. The molecule has 0 atom stereocenters. The highest BCUT2D eigenvalue weighted by Crippen LogP contribution is 2.27. The zero-order valence-corrected chi connectivity index (χ0v) is 13.8. The van der Waals surface area contributed by atoms with E-state index in [4.69, 9.17) is 9.84 Å². The fraction of sp³-hybridized carbons (Fsp3) is 0.263. The summed E-state index contributed by atoms with van der Waals surface area (Å²) in [6.45, 7) is 0.291. The molecule has 6 nitrogen and oxygen atoms in total. The van der Waals surface area contributed by atoms with Gasteiger partial charge in [0.15, 0.2) is 6.61 Å². The van der Waals surface area contributed by atoms with Crippen LogP contribution in [0.4, 0.5) is 16.2 Å². The number of hydrogen-bond donors (Lipinski definition) is 2. The van der Waals surface area contributed by atoms with Crippen LogP contribution in [-0.4, -0.2) is 30.3 Å². The Labute approximate surface area is 146 Å². The summed E-state index contributed by atoms with van der Waals surface area (Å²) in [5.74, 6) is -0.585. The van der Waals surface area contributed by atoms with Crippen molar-refractivity contribution in [2.75, 3.05) is 23.4 Å². The lowest BCUT2D eigenvalue weighted by Crippen LogP contribution is -2.35. The van der Waals surface area contributed by atoms with Gasteiger partial charge < -0.3 is 15.2 Å². The molecule has 0 saturated carbocycles. The number of carboxylic acid groups (broad SMARTS) is 1. The van der Waals surface area contributed by atoms with Gasteiger partial charge in [-0.15, -0.1) is 0 Å². The highest BCUT2D eigenvalue weighted by Gasteiger charge is 2.20. The standard InChI is InChI=1S/C19H20N2O4/c22-18(23)13-25-16-10-8-15(9-11-16)20-19(24)21-12-4-3-6-14-5-1-2-7-17(14)21/h1-2,5,7-11H,3-4,6,12-13H2,(H,20,24)(H,22,23). The maximum absolute atomic E-state index is 12.7. The van der Waals surface area contributed by atoms with Crippen molar-refractivity contribution in [3.05, 3.63) is 54.1 Å². The molecule has 0 unspecified atom stereocenters. The van der Waals surface area contributed by atoms with E-state index in [2.05, 4.69) is 11.4 Å². The molecule has 0 saturated heterocycles. The van der Waals surface area contributed by atoms with Crippen LogP contribution in [0.5, 0.6) is 5.75 Å². The topological polar surface area (TPSA) is 78.9 Å². The van der Waals surface area contributed by atoms with Crippen molar-refractivity contribution in [2.24, 2.45) is 0 Å². The zero-order valence-electron chi connectivity index (χ0n) is 13.8. The van der Waals surface area contributed by atoms with Gasteiger partial charge in [0.1, 0.15) is 5.75 Å². The maximum Gasteiger partial charge on any atom is 0.341 e. The molecule has 0 radical (unpaired) electrons. The van der Waals surface area contributed by atoms with Crippen LogP contribution in [0.25, 0.3) is 0 Å². The second kappa shape index (κ2) is 7.70. The van der Waals surface area contributed by atoms with E-state index in [9.17, 15) is 9.59 Å². The Morgan fingerprint density at radius 3 is 2.60 bits per heavy atom. The minimum atomic E-state index is -1.03. The summed E-state index contributed by atoms with van der Waals surface area (Å²) >= 11 is 0. The van der Waals surface area contributed by atoms with Gasteiger partial charge >= 0.3 is 12.0 Å². The van der Waals surface area contributed by atoms with Crippen LogP contribution in [0.15, 0.2) is 48.5 Å². The molecular weight excluding hydrogens is 320 g/mol. The fourth-order valence-electron chi connectivity index (χ4n) is 2.87. The van der Waals surface area contributed by atoms with Crippen molar-refractivity contribution in [1.29, 1.82) is 0 Å². The number of fused-ring (bicyclic) bond motifs is 1. The number of hydrogen-bond acceptors (Lipinski definition) is 3. The zero-order chi connectivity index (χ0) is 17.6. The van der Waals surface area contributed by atoms with Crippen LogP contribution in [0, 0.1) is 0 Å². The largest absolute Gasteiger partial charge is 0.482 e. The lowest BCUT2D eigenvalue weighted by Gasteiger charge is -2.23. The maximum atomic E-state index is 12.7. The number of aliphatic carboxylic acids is 1. The minimum Gasteiger partial charge on any atom is -0.482 e. The molecule has 1 heterocycles. The van der Waals surface area contributed by atoms with E-state index in [0.717, 1.165) is 24.9 Å². The number of aryl methyl sites for hydroxylation is 1. The van der Waals surface area contributed by atoms with Gasteiger partial charge in [-0.05, 0) is 55.2 Å². The predicted molar refractivity (Wildman–Crippen MR) is 95.3 cm³/mol. The van der Waals surface area contributed by atoms with Gasteiger partial charge in [-0.25, -0.2) is 9.59 Å². The molecule has 0 bridgehead atoms. The summed E-state index contributed by atoms with van der Waals surface area (Å²) in [4.78, 5) is 25.0. The molecule has 2 aromatic carbocycles. The lowest BCUT2D eigenvalue weighted by atomic mass is 10.1. The molecule has 2 aromatic rings. The Morgan fingerprint density at radius 2 is 1.84 bits per heavy atom. The van der Waals surface area contributed by atoms with Crippen molar-refractivity contribution in [2.45, 2.75) is 19.3 Å². The average molecular weight is 340 g/mol. The Morgan fingerprint density at radius 1 is 1.08 bits per heavy atom. The first-order valence-corrected chi connectivity index (χ1v) is 8.24. The molecule has 3 rings (SSSR count). The SMILES string of the molecule is O=C(O)COc1ccc(NC(=O)N2CCCCc3ccccc32)cc1. The first-order chi connectivity index (χ1) is 12.1. The summed E-state index contributed by atoms with van der Waals surface area (Å²) in [5.41, 5.74) is 2.78. The first-order valence-electron chi connectivity index (χ1n) is 8.24. The number of nitrogens with one attached hydrogen (secondary N) is 1. The summed E-state index contributed by atoms with van der Waals surface area (Å²) in [5, 5.41) is 11.5. The van der Waals surface area contributed by atoms with Gasteiger partial charge in [0, 0.05) is 17.9 Å². The number of ether oxygens (including phenoxy) is 1. The van der Waals surface area contributed by atoms with Crippen LogP contribution in [0.2, 0.25) is 0 Å². The average Bonchev–Trinajstić information content (AvgIpc) is 2.83. The summed E-state index contributed by atoms with van der Waals surface area (Å²) in [6, 6.07) is 14.5. The third kappa shape index (κ3) is 4.29. The van der Waals surface area contributed by atoms with E-state index in [0.29, 0.717) is 18.0 Å². The quantitative estimate of drug-likeness (QED) is 0.892. The molecule has 25 heavy (non-hydrogen) atoms. The molecule has 0 fully saturated rings. The Balaban J connectivity index is 1.69. The molecule has 6 heteroatoms. The number of amides is 2. The molecular formula is C19H20N2O4. The number of anilines is 2. The van der Waals surface area contributed by atoms with Gasteiger partial charge in [-0.3, -0.25) is 4.90 Å². The van der Waals surface area contributed by atoms with Crippen LogP contribution in [-0.2, 0) is 11.2 Å². The number of benzene rings is 2. The van der Waals surface area contributed by atoms with E-state index in [1.165, 1.54) is 5.56 Å². The first kappa shape index (κ1) is 16.8.